The summed E-state index contributed by atoms with van der Waals surface area (Å²) < 4.78 is 0.900. The van der Waals surface area contributed by atoms with Gasteiger partial charge in [-0.2, -0.15) is 0 Å². The molecule has 2 rings (SSSR count). The molecule has 13 heavy (non-hydrogen) atoms. The van der Waals surface area contributed by atoms with Crippen LogP contribution < -0.4 is 0 Å². The number of hydrogen-bond acceptors (Lipinski definition) is 2. The van der Waals surface area contributed by atoms with Crippen molar-refractivity contribution < 1.29 is 4.79 Å². The highest BCUT2D eigenvalue weighted by atomic mass is 79.9. The summed E-state index contributed by atoms with van der Waals surface area (Å²) in [5.41, 5.74) is 0. The summed E-state index contributed by atoms with van der Waals surface area (Å²) in [5.74, 6) is 0.857. The third kappa shape index (κ3) is 2.08. The van der Waals surface area contributed by atoms with Crippen LogP contribution in [0.5, 0.6) is 0 Å². The molecule has 0 unspecified atom stereocenters. The lowest BCUT2D eigenvalue weighted by Crippen LogP contribution is -2.36. The molecule has 0 saturated heterocycles. The largest absolute Gasteiger partial charge is 0.274 e. The van der Waals surface area contributed by atoms with E-state index in [0.717, 1.165) is 10.3 Å². The highest BCUT2D eigenvalue weighted by Crippen LogP contribution is 2.18. The molecule has 0 saturated carbocycles. The van der Waals surface area contributed by atoms with Gasteiger partial charge in [0.2, 0.25) is 5.91 Å². The summed E-state index contributed by atoms with van der Waals surface area (Å²) in [7, 11) is 0. The van der Waals surface area contributed by atoms with Crippen LogP contribution >= 0.6 is 32.9 Å². The maximum atomic E-state index is 11.3. The molecule has 3 nitrogen and oxygen atoms in total. The second kappa shape index (κ2) is 4.19. The maximum absolute atomic E-state index is 11.3. The van der Waals surface area contributed by atoms with Crippen molar-refractivity contribution in [1.29, 1.82) is 0 Å². The van der Waals surface area contributed by atoms with E-state index in [1.165, 1.54) is 0 Å². The monoisotopic (exact) mass is 306 g/mol. The minimum Gasteiger partial charge on any atom is -0.274 e. The summed E-state index contributed by atoms with van der Waals surface area (Å²) in [6.45, 7) is 0.612. The molecule has 0 aromatic carbocycles. The average molecular weight is 308 g/mol. The number of fused-ring (bicyclic) bond motifs is 1. The zero-order valence-electron chi connectivity index (χ0n) is 6.74. The van der Waals surface area contributed by atoms with Crippen molar-refractivity contribution >= 4 is 44.7 Å². The molecule has 2 heterocycles. The predicted molar refractivity (Wildman–Crippen MR) is 60.2 cm³/mol. The Balaban J connectivity index is 0.000000845. The Hall–Kier alpha value is -0.420. The van der Waals surface area contributed by atoms with E-state index in [1.54, 1.807) is 11.1 Å². The Kier molecular flexibility index (Phi) is 3.44. The minimum atomic E-state index is 0. The third-order valence-electron chi connectivity index (χ3n) is 1.76. The Morgan fingerprint density at radius 3 is 3.00 bits per heavy atom. The number of allylic oxidation sites excluding steroid dienone is 2. The molecular formula is C8H8Br2N2O. The van der Waals surface area contributed by atoms with Gasteiger partial charge in [-0.1, -0.05) is 0 Å². The molecule has 0 spiro atoms. The van der Waals surface area contributed by atoms with Gasteiger partial charge in [0.05, 0.1) is 6.54 Å². The van der Waals surface area contributed by atoms with Crippen molar-refractivity contribution in [1.82, 2.24) is 4.90 Å². The molecule has 0 N–H and O–H groups in total. The normalized spacial score (nSPS) is 20.1. The van der Waals surface area contributed by atoms with Gasteiger partial charge in [0.15, 0.2) is 0 Å². The van der Waals surface area contributed by atoms with Crippen molar-refractivity contribution in [2.24, 2.45) is 4.99 Å². The minimum absolute atomic E-state index is 0. The van der Waals surface area contributed by atoms with Gasteiger partial charge in [-0.15, -0.1) is 17.0 Å². The molecule has 0 fully saturated rings. The van der Waals surface area contributed by atoms with Crippen molar-refractivity contribution in [2.75, 3.05) is 6.54 Å². The molecular weight excluding hydrogens is 300 g/mol. The zero-order valence-corrected chi connectivity index (χ0v) is 10.0. The first-order chi connectivity index (χ1) is 5.77. The van der Waals surface area contributed by atoms with Crippen LogP contribution in [-0.4, -0.2) is 23.2 Å². The second-order valence-electron chi connectivity index (χ2n) is 2.60. The first kappa shape index (κ1) is 10.7. The Labute approximate surface area is 95.1 Å². The SMILES string of the molecule is Br.O=C1CCN=C2C=CC(Br)=CN12. The molecule has 2 aliphatic rings. The van der Waals surface area contributed by atoms with Crippen molar-refractivity contribution in [3.63, 3.8) is 0 Å². The summed E-state index contributed by atoms with van der Waals surface area (Å²) in [4.78, 5) is 17.1. The van der Waals surface area contributed by atoms with E-state index in [-0.39, 0.29) is 22.9 Å². The fraction of sp³-hybridized carbons (Fsp3) is 0.250. The van der Waals surface area contributed by atoms with Gasteiger partial charge in [0.25, 0.3) is 0 Å². The molecule has 2 aliphatic heterocycles. The lowest BCUT2D eigenvalue weighted by atomic mass is 10.2. The van der Waals surface area contributed by atoms with Crippen LogP contribution in [0, 0.1) is 0 Å². The van der Waals surface area contributed by atoms with Crippen LogP contribution in [0.3, 0.4) is 0 Å². The molecule has 0 aromatic heterocycles. The molecule has 5 heteroatoms. The summed E-state index contributed by atoms with van der Waals surface area (Å²) in [6.07, 6.45) is 5.98. The van der Waals surface area contributed by atoms with Gasteiger partial charge in [-0.3, -0.25) is 14.7 Å². The highest BCUT2D eigenvalue weighted by Gasteiger charge is 2.21. The number of nitrogens with zero attached hydrogens (tertiary/aromatic N) is 2. The standard InChI is InChI=1S/C8H7BrN2O.BrH/c9-6-1-2-7-10-4-3-8(12)11(7)5-6;/h1-2,5H,3-4H2;1H. The first-order valence-electron chi connectivity index (χ1n) is 3.69. The molecule has 0 atom stereocenters. The quantitative estimate of drug-likeness (QED) is 0.674. The lowest BCUT2D eigenvalue weighted by Gasteiger charge is -2.24. The number of hydrogen-bond donors (Lipinski definition) is 0. The Bertz CT molecular complexity index is 320. The van der Waals surface area contributed by atoms with E-state index in [9.17, 15) is 4.79 Å². The molecule has 70 valence electrons. The smallest absolute Gasteiger partial charge is 0.234 e. The number of carbonyl (C=O) groups excluding carboxylic acids is 1. The number of aliphatic imine (C=N–C) groups is 1. The molecule has 1 amide bonds. The van der Waals surface area contributed by atoms with Gasteiger partial charge in [0, 0.05) is 17.1 Å². The van der Waals surface area contributed by atoms with E-state index >= 15 is 0 Å². The number of rotatable bonds is 0. The number of halogens is 2. The van der Waals surface area contributed by atoms with E-state index in [2.05, 4.69) is 20.9 Å². The Morgan fingerprint density at radius 1 is 1.46 bits per heavy atom. The molecule has 0 aromatic rings. The molecule has 0 bridgehead atoms. The van der Waals surface area contributed by atoms with Crippen LogP contribution in [0.4, 0.5) is 0 Å². The van der Waals surface area contributed by atoms with Crippen LogP contribution in [0.25, 0.3) is 0 Å². The van der Waals surface area contributed by atoms with Gasteiger partial charge in [-0.25, -0.2) is 0 Å². The van der Waals surface area contributed by atoms with Gasteiger partial charge >= 0.3 is 0 Å². The highest BCUT2D eigenvalue weighted by molar-refractivity contribution is 9.11. The second-order valence-corrected chi connectivity index (χ2v) is 3.52. The number of amides is 1. The topological polar surface area (TPSA) is 32.7 Å². The first-order valence-corrected chi connectivity index (χ1v) is 4.48. The molecule has 0 aliphatic carbocycles. The maximum Gasteiger partial charge on any atom is 0.234 e. The van der Waals surface area contributed by atoms with Crippen molar-refractivity contribution in [2.45, 2.75) is 6.42 Å². The van der Waals surface area contributed by atoms with E-state index in [4.69, 9.17) is 0 Å². The number of amidine groups is 1. The average Bonchev–Trinajstić information content (AvgIpc) is 2.07. The van der Waals surface area contributed by atoms with Crippen LogP contribution in [0.1, 0.15) is 6.42 Å². The fourth-order valence-corrected chi connectivity index (χ4v) is 1.52. The summed E-state index contributed by atoms with van der Waals surface area (Å²) >= 11 is 3.30. The number of carbonyl (C=O) groups is 1. The zero-order chi connectivity index (χ0) is 8.55. The summed E-state index contributed by atoms with van der Waals surface area (Å²) in [5, 5.41) is 0. The fourth-order valence-electron chi connectivity index (χ4n) is 1.18. The van der Waals surface area contributed by atoms with Crippen LogP contribution in [0.15, 0.2) is 27.8 Å². The van der Waals surface area contributed by atoms with Gasteiger partial charge in [0.1, 0.15) is 5.84 Å². The predicted octanol–water partition coefficient (Wildman–Crippen LogP) is 2.00. The third-order valence-corrected chi connectivity index (χ3v) is 2.23. The van der Waals surface area contributed by atoms with Crippen LogP contribution in [0.2, 0.25) is 0 Å². The van der Waals surface area contributed by atoms with Gasteiger partial charge in [-0.05, 0) is 28.1 Å². The van der Waals surface area contributed by atoms with Crippen molar-refractivity contribution in [3.8, 4) is 0 Å². The summed E-state index contributed by atoms with van der Waals surface area (Å²) in [6, 6.07) is 0. The van der Waals surface area contributed by atoms with Crippen LogP contribution in [-0.2, 0) is 4.79 Å². The van der Waals surface area contributed by atoms with E-state index in [1.807, 2.05) is 12.2 Å². The Morgan fingerprint density at radius 2 is 2.23 bits per heavy atom. The van der Waals surface area contributed by atoms with E-state index < -0.39 is 0 Å². The van der Waals surface area contributed by atoms with Gasteiger partial charge < -0.3 is 0 Å². The molecule has 0 radical (unpaired) electrons. The van der Waals surface area contributed by atoms with Crippen molar-refractivity contribution in [3.05, 3.63) is 22.8 Å². The van der Waals surface area contributed by atoms with E-state index in [0.29, 0.717) is 13.0 Å². The lowest BCUT2D eigenvalue weighted by molar-refractivity contribution is -0.125.